The van der Waals surface area contributed by atoms with E-state index in [2.05, 4.69) is 27.0 Å². The molecule has 1 aliphatic heterocycles. The van der Waals surface area contributed by atoms with Crippen molar-refractivity contribution in [2.24, 2.45) is 0 Å². The van der Waals surface area contributed by atoms with Crippen LogP contribution in [0.5, 0.6) is 0 Å². The molecule has 1 aliphatic rings. The third-order valence-corrected chi connectivity index (χ3v) is 3.64. The average molecular weight is 285 g/mol. The fourth-order valence-corrected chi connectivity index (χ4v) is 2.56. The van der Waals surface area contributed by atoms with Crippen molar-refractivity contribution < 1.29 is 4.74 Å². The van der Waals surface area contributed by atoms with Gasteiger partial charge in [0, 0.05) is 19.5 Å². The molecule has 1 unspecified atom stereocenters. The summed E-state index contributed by atoms with van der Waals surface area (Å²) in [6.07, 6.45) is 2.44. The smallest absolute Gasteiger partial charge is 0.157 e. The van der Waals surface area contributed by atoms with Crippen molar-refractivity contribution in [2.75, 3.05) is 36.1 Å². The molecule has 0 saturated carbocycles. The predicted molar refractivity (Wildman–Crippen MR) is 83.0 cm³/mol. The topological polar surface area (TPSA) is 90.3 Å². The summed E-state index contributed by atoms with van der Waals surface area (Å²) in [5, 5.41) is 0. The van der Waals surface area contributed by atoms with E-state index < -0.39 is 0 Å². The van der Waals surface area contributed by atoms with E-state index in [0.717, 1.165) is 19.5 Å². The van der Waals surface area contributed by atoms with Gasteiger partial charge in [0.05, 0.1) is 12.7 Å². The molecule has 110 valence electrons. The van der Waals surface area contributed by atoms with Gasteiger partial charge < -0.3 is 21.1 Å². The molecule has 1 saturated heterocycles. The summed E-state index contributed by atoms with van der Waals surface area (Å²) in [6, 6.07) is 10.3. The Morgan fingerprint density at radius 2 is 2.00 bits per heavy atom. The predicted octanol–water partition coefficient (Wildman–Crippen LogP) is 1.09. The van der Waals surface area contributed by atoms with Crippen LogP contribution in [0.4, 0.5) is 17.3 Å². The fourth-order valence-electron chi connectivity index (χ4n) is 2.56. The molecule has 1 aromatic carbocycles. The Bertz CT molecular complexity index is 604. The second-order valence-electron chi connectivity index (χ2n) is 5.12. The van der Waals surface area contributed by atoms with Crippen LogP contribution >= 0.6 is 0 Å². The highest BCUT2D eigenvalue weighted by atomic mass is 16.5. The molecule has 1 aromatic heterocycles. The van der Waals surface area contributed by atoms with Gasteiger partial charge in [-0.3, -0.25) is 0 Å². The first-order valence-corrected chi connectivity index (χ1v) is 7.00. The Balaban J connectivity index is 1.72. The lowest BCUT2D eigenvalue weighted by molar-refractivity contribution is 0.0408. The summed E-state index contributed by atoms with van der Waals surface area (Å²) in [4.78, 5) is 10.3. The quantitative estimate of drug-likeness (QED) is 0.877. The second-order valence-corrected chi connectivity index (χ2v) is 5.12. The number of hydrogen-bond acceptors (Lipinski definition) is 6. The number of hydrogen-bond donors (Lipinski definition) is 2. The lowest BCUT2D eigenvalue weighted by Gasteiger charge is -2.34. The lowest BCUT2D eigenvalue weighted by atomic mass is 10.1. The second kappa shape index (κ2) is 5.97. The summed E-state index contributed by atoms with van der Waals surface area (Å²) in [5.74, 6) is 1.02. The average Bonchev–Trinajstić information content (AvgIpc) is 2.51. The molecular formula is C15H19N5O. The van der Waals surface area contributed by atoms with Crippen LogP contribution in [0.1, 0.15) is 5.56 Å². The molecule has 0 amide bonds. The largest absolute Gasteiger partial charge is 0.393 e. The number of nitrogens with two attached hydrogens (primary N) is 2. The molecule has 2 heterocycles. The molecular weight excluding hydrogens is 266 g/mol. The monoisotopic (exact) mass is 285 g/mol. The zero-order valence-corrected chi connectivity index (χ0v) is 11.8. The van der Waals surface area contributed by atoms with Crippen LogP contribution in [0.15, 0.2) is 36.7 Å². The van der Waals surface area contributed by atoms with Gasteiger partial charge in [0.15, 0.2) is 11.6 Å². The number of nitrogens with zero attached hydrogens (tertiary/aromatic N) is 3. The Morgan fingerprint density at radius 3 is 2.81 bits per heavy atom. The third-order valence-electron chi connectivity index (χ3n) is 3.64. The molecule has 4 N–H and O–H groups in total. The van der Waals surface area contributed by atoms with Crippen molar-refractivity contribution in [2.45, 2.75) is 12.5 Å². The molecule has 21 heavy (non-hydrogen) atoms. The SMILES string of the molecule is Nc1ncnc(N2CCOC(Cc3ccccc3)C2)c1N. The van der Waals surface area contributed by atoms with Gasteiger partial charge in [0.1, 0.15) is 12.0 Å². The molecule has 0 bridgehead atoms. The van der Waals surface area contributed by atoms with E-state index in [1.807, 2.05) is 18.2 Å². The minimum Gasteiger partial charge on any atom is -0.393 e. The van der Waals surface area contributed by atoms with E-state index in [1.165, 1.54) is 11.9 Å². The minimum atomic E-state index is 0.122. The number of anilines is 3. The van der Waals surface area contributed by atoms with Crippen molar-refractivity contribution in [3.05, 3.63) is 42.2 Å². The van der Waals surface area contributed by atoms with Crippen LogP contribution in [0.3, 0.4) is 0 Å². The molecule has 0 spiro atoms. The highest BCUT2D eigenvalue weighted by molar-refractivity contribution is 5.73. The number of aromatic nitrogens is 2. The van der Waals surface area contributed by atoms with E-state index in [9.17, 15) is 0 Å². The van der Waals surface area contributed by atoms with Crippen LogP contribution in [0, 0.1) is 0 Å². The van der Waals surface area contributed by atoms with E-state index in [-0.39, 0.29) is 6.10 Å². The van der Waals surface area contributed by atoms with E-state index in [0.29, 0.717) is 23.9 Å². The summed E-state index contributed by atoms with van der Waals surface area (Å²) in [5.41, 5.74) is 13.4. The first kappa shape index (κ1) is 13.6. The minimum absolute atomic E-state index is 0.122. The van der Waals surface area contributed by atoms with Gasteiger partial charge >= 0.3 is 0 Å². The summed E-state index contributed by atoms with van der Waals surface area (Å²) < 4.78 is 5.85. The number of morpholine rings is 1. The van der Waals surface area contributed by atoms with E-state index >= 15 is 0 Å². The zero-order chi connectivity index (χ0) is 14.7. The normalized spacial score (nSPS) is 18.7. The van der Waals surface area contributed by atoms with Crippen LogP contribution in [-0.2, 0) is 11.2 Å². The lowest BCUT2D eigenvalue weighted by Crippen LogP contribution is -2.44. The zero-order valence-electron chi connectivity index (χ0n) is 11.8. The van der Waals surface area contributed by atoms with Crippen molar-refractivity contribution in [3.63, 3.8) is 0 Å². The van der Waals surface area contributed by atoms with Crippen molar-refractivity contribution in [3.8, 4) is 0 Å². The highest BCUT2D eigenvalue weighted by Crippen LogP contribution is 2.26. The molecule has 6 heteroatoms. The number of nitrogen functional groups attached to an aromatic ring is 2. The molecule has 1 fully saturated rings. The van der Waals surface area contributed by atoms with Crippen molar-refractivity contribution >= 4 is 17.3 Å². The molecule has 3 rings (SSSR count). The van der Waals surface area contributed by atoms with E-state index in [4.69, 9.17) is 16.2 Å². The summed E-state index contributed by atoms with van der Waals surface area (Å²) in [6.45, 7) is 2.16. The third kappa shape index (κ3) is 3.05. The summed E-state index contributed by atoms with van der Waals surface area (Å²) in [7, 11) is 0. The van der Waals surface area contributed by atoms with Gasteiger partial charge in [0.2, 0.25) is 0 Å². The molecule has 0 aliphatic carbocycles. The molecule has 6 nitrogen and oxygen atoms in total. The Morgan fingerprint density at radius 1 is 1.19 bits per heavy atom. The Labute approximate surface area is 123 Å². The van der Waals surface area contributed by atoms with Gasteiger partial charge in [0.25, 0.3) is 0 Å². The maximum Gasteiger partial charge on any atom is 0.157 e. The van der Waals surface area contributed by atoms with Crippen molar-refractivity contribution in [1.82, 2.24) is 9.97 Å². The first-order chi connectivity index (χ1) is 10.2. The number of benzene rings is 1. The van der Waals surface area contributed by atoms with E-state index in [1.54, 1.807) is 0 Å². The molecule has 1 atom stereocenters. The van der Waals surface area contributed by atoms with Crippen LogP contribution in [0.2, 0.25) is 0 Å². The molecule has 0 radical (unpaired) electrons. The fraction of sp³-hybridized carbons (Fsp3) is 0.333. The van der Waals surface area contributed by atoms with Crippen LogP contribution in [0.25, 0.3) is 0 Å². The van der Waals surface area contributed by atoms with Crippen LogP contribution < -0.4 is 16.4 Å². The highest BCUT2D eigenvalue weighted by Gasteiger charge is 2.23. The number of rotatable bonds is 3. The number of ether oxygens (including phenoxy) is 1. The van der Waals surface area contributed by atoms with Gasteiger partial charge in [-0.15, -0.1) is 0 Å². The van der Waals surface area contributed by atoms with Crippen LogP contribution in [-0.4, -0.2) is 35.8 Å². The van der Waals surface area contributed by atoms with Crippen molar-refractivity contribution in [1.29, 1.82) is 0 Å². The summed E-state index contributed by atoms with van der Waals surface area (Å²) >= 11 is 0. The standard InChI is InChI=1S/C15H19N5O/c16-13-14(17)18-10-19-15(13)20-6-7-21-12(9-20)8-11-4-2-1-3-5-11/h1-5,10,12H,6-9,16H2,(H2,17,18,19). The Hall–Kier alpha value is -2.34. The maximum absolute atomic E-state index is 5.98. The van der Waals surface area contributed by atoms with Gasteiger partial charge in [-0.1, -0.05) is 30.3 Å². The first-order valence-electron chi connectivity index (χ1n) is 7.00. The Kier molecular flexibility index (Phi) is 3.87. The maximum atomic E-state index is 5.98. The van der Waals surface area contributed by atoms with Gasteiger partial charge in [-0.05, 0) is 5.56 Å². The van der Waals surface area contributed by atoms with Gasteiger partial charge in [-0.2, -0.15) is 0 Å². The molecule has 2 aromatic rings. The van der Waals surface area contributed by atoms with Gasteiger partial charge in [-0.25, -0.2) is 9.97 Å².